The summed E-state index contributed by atoms with van der Waals surface area (Å²) in [5.74, 6) is 1.04. The fourth-order valence-corrected chi connectivity index (χ4v) is 2.55. The molecule has 2 rings (SSSR count). The number of hydrogen-bond acceptors (Lipinski definition) is 3. The summed E-state index contributed by atoms with van der Waals surface area (Å²) < 4.78 is 0. The van der Waals surface area contributed by atoms with Crippen LogP contribution in [0.2, 0.25) is 0 Å². The minimum Gasteiger partial charge on any atom is -0.398 e. The summed E-state index contributed by atoms with van der Waals surface area (Å²) in [5.41, 5.74) is 7.86. The summed E-state index contributed by atoms with van der Waals surface area (Å²) in [6, 6.07) is 3.23. The van der Waals surface area contributed by atoms with E-state index in [1.54, 1.807) is 0 Å². The Balaban J connectivity index is 2.31. The van der Waals surface area contributed by atoms with Gasteiger partial charge in [0.2, 0.25) is 0 Å². The number of nitrogens with zero attached hydrogens (tertiary/aromatic N) is 2. The van der Waals surface area contributed by atoms with Crippen LogP contribution in [0.1, 0.15) is 38.7 Å². The SMILES string of the molecule is CCC1CCC(C)N1c1cc(N)c(C)cn1. The maximum Gasteiger partial charge on any atom is 0.131 e. The molecule has 0 saturated carbocycles. The molecule has 1 saturated heterocycles. The van der Waals surface area contributed by atoms with Crippen LogP contribution < -0.4 is 10.6 Å². The number of aromatic nitrogens is 1. The summed E-state index contributed by atoms with van der Waals surface area (Å²) >= 11 is 0. The Labute approximate surface area is 97.7 Å². The largest absolute Gasteiger partial charge is 0.398 e. The van der Waals surface area contributed by atoms with Crippen molar-refractivity contribution in [2.45, 2.75) is 52.1 Å². The molecule has 0 bridgehead atoms. The Morgan fingerprint density at radius 3 is 2.88 bits per heavy atom. The minimum atomic E-state index is 0.583. The van der Waals surface area contributed by atoms with Crippen molar-refractivity contribution >= 4 is 11.5 Å². The topological polar surface area (TPSA) is 42.1 Å². The van der Waals surface area contributed by atoms with Crippen LogP contribution in [-0.4, -0.2) is 17.1 Å². The van der Waals surface area contributed by atoms with Gasteiger partial charge in [0.25, 0.3) is 0 Å². The van der Waals surface area contributed by atoms with Gasteiger partial charge in [-0.05, 0) is 38.7 Å². The summed E-state index contributed by atoms with van der Waals surface area (Å²) in [4.78, 5) is 6.94. The first kappa shape index (κ1) is 11.2. The van der Waals surface area contributed by atoms with Crippen LogP contribution in [0.5, 0.6) is 0 Å². The van der Waals surface area contributed by atoms with E-state index in [1.807, 2.05) is 19.2 Å². The van der Waals surface area contributed by atoms with Crippen molar-refractivity contribution in [2.75, 3.05) is 10.6 Å². The van der Waals surface area contributed by atoms with E-state index in [9.17, 15) is 0 Å². The minimum absolute atomic E-state index is 0.583. The van der Waals surface area contributed by atoms with E-state index < -0.39 is 0 Å². The van der Waals surface area contributed by atoms with Crippen molar-refractivity contribution in [1.29, 1.82) is 0 Å². The quantitative estimate of drug-likeness (QED) is 0.831. The van der Waals surface area contributed by atoms with Gasteiger partial charge in [-0.3, -0.25) is 0 Å². The number of rotatable bonds is 2. The highest BCUT2D eigenvalue weighted by Gasteiger charge is 2.30. The van der Waals surface area contributed by atoms with Gasteiger partial charge in [0, 0.05) is 30.0 Å². The molecule has 2 atom stereocenters. The van der Waals surface area contributed by atoms with Gasteiger partial charge in [-0.15, -0.1) is 0 Å². The molecule has 3 heteroatoms. The van der Waals surface area contributed by atoms with Crippen LogP contribution in [0.25, 0.3) is 0 Å². The summed E-state index contributed by atoms with van der Waals surface area (Å²) in [7, 11) is 0. The summed E-state index contributed by atoms with van der Waals surface area (Å²) in [6.07, 6.45) is 5.59. The van der Waals surface area contributed by atoms with Crippen LogP contribution in [0.3, 0.4) is 0 Å². The summed E-state index contributed by atoms with van der Waals surface area (Å²) in [5, 5.41) is 0. The zero-order valence-electron chi connectivity index (χ0n) is 10.4. The molecule has 16 heavy (non-hydrogen) atoms. The van der Waals surface area contributed by atoms with Gasteiger partial charge >= 0.3 is 0 Å². The zero-order chi connectivity index (χ0) is 11.7. The van der Waals surface area contributed by atoms with Crippen LogP contribution in [-0.2, 0) is 0 Å². The van der Waals surface area contributed by atoms with Gasteiger partial charge in [0.1, 0.15) is 5.82 Å². The number of hydrogen-bond donors (Lipinski definition) is 1. The Kier molecular flexibility index (Phi) is 3.03. The number of aryl methyl sites for hydroxylation is 1. The first-order valence-electron chi connectivity index (χ1n) is 6.14. The highest BCUT2D eigenvalue weighted by Crippen LogP contribution is 2.31. The third kappa shape index (κ3) is 1.86. The molecule has 0 aliphatic carbocycles. The third-order valence-electron chi connectivity index (χ3n) is 3.65. The van der Waals surface area contributed by atoms with Gasteiger partial charge in [0.15, 0.2) is 0 Å². The molecule has 0 amide bonds. The van der Waals surface area contributed by atoms with Crippen molar-refractivity contribution in [3.63, 3.8) is 0 Å². The Morgan fingerprint density at radius 2 is 2.25 bits per heavy atom. The molecule has 1 fully saturated rings. The van der Waals surface area contributed by atoms with Gasteiger partial charge in [-0.2, -0.15) is 0 Å². The highest BCUT2D eigenvalue weighted by molar-refractivity contribution is 5.56. The standard InChI is InChI=1S/C13H21N3/c1-4-11-6-5-10(3)16(11)13-7-12(14)9(2)8-15-13/h7-8,10-11H,4-6H2,1-3H3,(H2,14,15). The van der Waals surface area contributed by atoms with Crippen LogP contribution in [0.15, 0.2) is 12.3 Å². The van der Waals surface area contributed by atoms with E-state index >= 15 is 0 Å². The molecular formula is C13H21N3. The van der Waals surface area contributed by atoms with Crippen LogP contribution in [0, 0.1) is 6.92 Å². The number of anilines is 2. The molecule has 88 valence electrons. The fourth-order valence-electron chi connectivity index (χ4n) is 2.55. The van der Waals surface area contributed by atoms with Crippen molar-refractivity contribution < 1.29 is 0 Å². The monoisotopic (exact) mass is 219 g/mol. The second-order valence-corrected chi connectivity index (χ2v) is 4.79. The predicted molar refractivity (Wildman–Crippen MR) is 68.6 cm³/mol. The molecular weight excluding hydrogens is 198 g/mol. The van der Waals surface area contributed by atoms with E-state index in [2.05, 4.69) is 23.7 Å². The second-order valence-electron chi connectivity index (χ2n) is 4.79. The Morgan fingerprint density at radius 1 is 1.50 bits per heavy atom. The summed E-state index contributed by atoms with van der Waals surface area (Å²) in [6.45, 7) is 6.51. The molecule has 0 spiro atoms. The van der Waals surface area contributed by atoms with Gasteiger partial charge in [-0.1, -0.05) is 6.92 Å². The number of nitrogen functional groups attached to an aromatic ring is 1. The van der Waals surface area contributed by atoms with E-state index in [0.29, 0.717) is 12.1 Å². The molecule has 2 heterocycles. The van der Waals surface area contributed by atoms with E-state index in [-0.39, 0.29) is 0 Å². The lowest BCUT2D eigenvalue weighted by atomic mass is 10.1. The zero-order valence-corrected chi connectivity index (χ0v) is 10.4. The Bertz CT molecular complexity index is 375. The van der Waals surface area contributed by atoms with E-state index in [0.717, 1.165) is 17.1 Å². The van der Waals surface area contributed by atoms with Gasteiger partial charge in [-0.25, -0.2) is 4.98 Å². The first-order valence-corrected chi connectivity index (χ1v) is 6.14. The van der Waals surface area contributed by atoms with Crippen molar-refractivity contribution in [1.82, 2.24) is 4.98 Å². The van der Waals surface area contributed by atoms with Crippen LogP contribution >= 0.6 is 0 Å². The van der Waals surface area contributed by atoms with Crippen LogP contribution in [0.4, 0.5) is 11.5 Å². The molecule has 0 radical (unpaired) electrons. The normalized spacial score (nSPS) is 25.1. The van der Waals surface area contributed by atoms with Crippen molar-refractivity contribution in [3.8, 4) is 0 Å². The van der Waals surface area contributed by atoms with Crippen molar-refractivity contribution in [2.24, 2.45) is 0 Å². The number of pyridine rings is 1. The molecule has 1 aliphatic rings. The van der Waals surface area contributed by atoms with Gasteiger partial charge < -0.3 is 10.6 Å². The Hall–Kier alpha value is -1.25. The molecule has 2 unspecified atom stereocenters. The lowest BCUT2D eigenvalue weighted by Crippen LogP contribution is -2.34. The first-order chi connectivity index (χ1) is 7.63. The molecule has 0 aromatic carbocycles. The molecule has 1 aliphatic heterocycles. The lowest BCUT2D eigenvalue weighted by Gasteiger charge is -2.29. The molecule has 3 nitrogen and oxygen atoms in total. The van der Waals surface area contributed by atoms with Crippen molar-refractivity contribution in [3.05, 3.63) is 17.8 Å². The average molecular weight is 219 g/mol. The molecule has 1 aromatic rings. The van der Waals surface area contributed by atoms with E-state index in [4.69, 9.17) is 5.73 Å². The molecule has 1 aromatic heterocycles. The predicted octanol–water partition coefficient (Wildman–Crippen LogP) is 2.74. The fraction of sp³-hybridized carbons (Fsp3) is 0.615. The second kappa shape index (κ2) is 4.32. The average Bonchev–Trinajstić information content (AvgIpc) is 2.64. The third-order valence-corrected chi connectivity index (χ3v) is 3.65. The maximum atomic E-state index is 5.95. The number of nitrogens with two attached hydrogens (primary N) is 1. The highest BCUT2D eigenvalue weighted by atomic mass is 15.3. The maximum absolute atomic E-state index is 5.95. The molecule has 2 N–H and O–H groups in total. The van der Waals surface area contributed by atoms with Gasteiger partial charge in [0.05, 0.1) is 0 Å². The smallest absolute Gasteiger partial charge is 0.131 e. The lowest BCUT2D eigenvalue weighted by molar-refractivity contribution is 0.621. The van der Waals surface area contributed by atoms with E-state index in [1.165, 1.54) is 19.3 Å².